The van der Waals surface area contributed by atoms with E-state index in [1.54, 1.807) is 17.5 Å². The summed E-state index contributed by atoms with van der Waals surface area (Å²) in [4.78, 5) is 18.7. The van der Waals surface area contributed by atoms with E-state index in [0.717, 1.165) is 43.3 Å². The SMILES string of the molecule is O=c1[nH]ncc(N2CCN(Cc3ccc(-c4ccccc4Cl)s3)CC2)c1Cl. The Morgan fingerprint density at radius 2 is 1.85 bits per heavy atom. The van der Waals surface area contributed by atoms with Gasteiger partial charge in [0.2, 0.25) is 0 Å². The van der Waals surface area contributed by atoms with Gasteiger partial charge >= 0.3 is 0 Å². The lowest BCUT2D eigenvalue weighted by atomic mass is 10.2. The molecule has 8 heteroatoms. The van der Waals surface area contributed by atoms with Gasteiger partial charge in [-0.1, -0.05) is 41.4 Å². The third-order valence-electron chi connectivity index (χ3n) is 4.67. The van der Waals surface area contributed by atoms with Crippen molar-refractivity contribution in [2.24, 2.45) is 0 Å². The maximum atomic E-state index is 11.6. The first-order valence-electron chi connectivity index (χ1n) is 8.66. The second-order valence-electron chi connectivity index (χ2n) is 6.41. The molecule has 1 saturated heterocycles. The largest absolute Gasteiger partial charge is 0.366 e. The van der Waals surface area contributed by atoms with E-state index in [-0.39, 0.29) is 10.6 Å². The maximum Gasteiger partial charge on any atom is 0.285 e. The second-order valence-corrected chi connectivity index (χ2v) is 8.36. The highest BCUT2D eigenvalue weighted by molar-refractivity contribution is 7.15. The average Bonchev–Trinajstić information content (AvgIpc) is 3.13. The molecule has 0 spiro atoms. The minimum Gasteiger partial charge on any atom is -0.366 e. The molecule has 3 heterocycles. The fourth-order valence-electron chi connectivity index (χ4n) is 3.23. The lowest BCUT2D eigenvalue weighted by Crippen LogP contribution is -2.46. The molecule has 0 amide bonds. The zero-order valence-corrected chi connectivity index (χ0v) is 16.8. The quantitative estimate of drug-likeness (QED) is 0.689. The third-order valence-corrected chi connectivity index (χ3v) is 6.47. The molecule has 1 fully saturated rings. The van der Waals surface area contributed by atoms with Crippen molar-refractivity contribution in [3.63, 3.8) is 0 Å². The number of aromatic amines is 1. The van der Waals surface area contributed by atoms with Crippen LogP contribution in [0, 0.1) is 0 Å². The number of halogens is 2. The van der Waals surface area contributed by atoms with Gasteiger partial charge in [0.05, 0.1) is 11.9 Å². The van der Waals surface area contributed by atoms with Crippen LogP contribution >= 0.6 is 34.5 Å². The molecule has 2 aromatic heterocycles. The summed E-state index contributed by atoms with van der Waals surface area (Å²) in [5, 5.41) is 7.21. The molecule has 27 heavy (non-hydrogen) atoms. The van der Waals surface area contributed by atoms with Crippen LogP contribution in [0.5, 0.6) is 0 Å². The minimum atomic E-state index is -0.345. The van der Waals surface area contributed by atoms with E-state index in [1.807, 2.05) is 18.2 Å². The zero-order chi connectivity index (χ0) is 18.8. The van der Waals surface area contributed by atoms with Crippen molar-refractivity contribution in [1.82, 2.24) is 15.1 Å². The van der Waals surface area contributed by atoms with Crippen LogP contribution in [-0.4, -0.2) is 41.3 Å². The molecule has 0 atom stereocenters. The molecule has 0 radical (unpaired) electrons. The molecule has 1 aromatic carbocycles. The fourth-order valence-corrected chi connectivity index (χ4v) is 4.82. The van der Waals surface area contributed by atoms with Crippen LogP contribution in [0.25, 0.3) is 10.4 Å². The Kier molecular flexibility index (Phi) is 5.50. The smallest absolute Gasteiger partial charge is 0.285 e. The van der Waals surface area contributed by atoms with Crippen LogP contribution in [-0.2, 0) is 6.54 Å². The van der Waals surface area contributed by atoms with Crippen LogP contribution < -0.4 is 10.5 Å². The Bertz CT molecular complexity index is 995. The molecule has 5 nitrogen and oxygen atoms in total. The van der Waals surface area contributed by atoms with Gasteiger partial charge in [-0.3, -0.25) is 9.69 Å². The molecule has 0 aliphatic carbocycles. The predicted octanol–water partition coefficient (Wildman–Crippen LogP) is 4.13. The zero-order valence-electron chi connectivity index (χ0n) is 14.5. The first-order chi connectivity index (χ1) is 13.1. The second kappa shape index (κ2) is 8.02. The lowest BCUT2D eigenvalue weighted by Gasteiger charge is -2.35. The van der Waals surface area contributed by atoms with E-state index in [2.05, 4.69) is 38.2 Å². The van der Waals surface area contributed by atoms with Crippen molar-refractivity contribution >= 4 is 40.2 Å². The van der Waals surface area contributed by atoms with E-state index in [1.165, 1.54) is 9.75 Å². The molecule has 0 unspecified atom stereocenters. The Morgan fingerprint density at radius 3 is 2.63 bits per heavy atom. The van der Waals surface area contributed by atoms with Gasteiger partial charge < -0.3 is 4.90 Å². The fraction of sp³-hybridized carbons (Fsp3) is 0.263. The summed E-state index contributed by atoms with van der Waals surface area (Å²) >= 11 is 14.2. The van der Waals surface area contributed by atoms with Gasteiger partial charge in [-0.15, -0.1) is 11.3 Å². The van der Waals surface area contributed by atoms with Crippen molar-refractivity contribution in [2.45, 2.75) is 6.54 Å². The van der Waals surface area contributed by atoms with E-state index in [0.29, 0.717) is 5.69 Å². The van der Waals surface area contributed by atoms with Crippen molar-refractivity contribution in [3.05, 3.63) is 67.9 Å². The molecule has 1 aliphatic rings. The normalized spacial score (nSPS) is 15.3. The number of hydrogen-bond acceptors (Lipinski definition) is 5. The predicted molar refractivity (Wildman–Crippen MR) is 112 cm³/mol. The molecule has 0 saturated carbocycles. The summed E-state index contributed by atoms with van der Waals surface area (Å²) in [6, 6.07) is 12.2. The number of rotatable bonds is 4. The number of thiophene rings is 1. The van der Waals surface area contributed by atoms with Gasteiger partial charge in [-0.2, -0.15) is 5.10 Å². The number of anilines is 1. The van der Waals surface area contributed by atoms with Gasteiger partial charge in [-0.25, -0.2) is 5.10 Å². The van der Waals surface area contributed by atoms with E-state index >= 15 is 0 Å². The first kappa shape index (κ1) is 18.5. The number of aromatic nitrogens is 2. The summed E-state index contributed by atoms with van der Waals surface area (Å²) in [7, 11) is 0. The molecule has 1 aliphatic heterocycles. The Morgan fingerprint density at radius 1 is 1.07 bits per heavy atom. The number of nitrogens with one attached hydrogen (secondary N) is 1. The van der Waals surface area contributed by atoms with Crippen LogP contribution in [0.15, 0.2) is 47.4 Å². The van der Waals surface area contributed by atoms with Crippen molar-refractivity contribution in [2.75, 3.05) is 31.1 Å². The topological polar surface area (TPSA) is 52.2 Å². The van der Waals surface area contributed by atoms with Gasteiger partial charge in [0.15, 0.2) is 0 Å². The molecular formula is C19H18Cl2N4OS. The highest BCUT2D eigenvalue weighted by Crippen LogP contribution is 2.33. The summed E-state index contributed by atoms with van der Waals surface area (Å²) < 4.78 is 0. The van der Waals surface area contributed by atoms with Gasteiger partial charge in [0.25, 0.3) is 5.56 Å². The summed E-state index contributed by atoms with van der Waals surface area (Å²) in [6.07, 6.45) is 1.62. The highest BCUT2D eigenvalue weighted by atomic mass is 35.5. The van der Waals surface area contributed by atoms with Crippen LogP contribution in [0.3, 0.4) is 0 Å². The standard InChI is InChI=1S/C19H18Cl2N4OS/c20-15-4-2-1-3-14(15)17-6-5-13(27-17)12-24-7-9-25(10-8-24)16-11-22-23-19(26)18(16)21/h1-6,11H,7-10,12H2,(H,23,26). The van der Waals surface area contributed by atoms with Gasteiger partial charge in [-0.05, 0) is 18.2 Å². The number of H-pyrrole nitrogens is 1. The third kappa shape index (κ3) is 4.04. The summed E-state index contributed by atoms with van der Waals surface area (Å²) in [6.45, 7) is 4.34. The van der Waals surface area contributed by atoms with E-state index in [4.69, 9.17) is 23.2 Å². The van der Waals surface area contributed by atoms with Crippen molar-refractivity contribution in [3.8, 4) is 10.4 Å². The van der Waals surface area contributed by atoms with Crippen molar-refractivity contribution in [1.29, 1.82) is 0 Å². The first-order valence-corrected chi connectivity index (χ1v) is 10.2. The molecule has 0 bridgehead atoms. The minimum absolute atomic E-state index is 0.209. The molecule has 4 rings (SSSR count). The summed E-state index contributed by atoms with van der Waals surface area (Å²) in [5.41, 5.74) is 1.44. The van der Waals surface area contributed by atoms with Crippen LogP contribution in [0.4, 0.5) is 5.69 Å². The maximum absolute atomic E-state index is 11.6. The monoisotopic (exact) mass is 420 g/mol. The average molecular weight is 421 g/mol. The molecule has 3 aromatic rings. The number of benzene rings is 1. The molecule has 140 valence electrons. The Labute approximate surface area is 171 Å². The van der Waals surface area contributed by atoms with E-state index < -0.39 is 0 Å². The van der Waals surface area contributed by atoms with Crippen LogP contribution in [0.1, 0.15) is 4.88 Å². The number of hydrogen-bond donors (Lipinski definition) is 1. The highest BCUT2D eigenvalue weighted by Gasteiger charge is 2.21. The number of nitrogens with zero attached hydrogens (tertiary/aromatic N) is 3. The summed E-state index contributed by atoms with van der Waals surface area (Å²) in [5.74, 6) is 0. The molecule has 1 N–H and O–H groups in total. The van der Waals surface area contributed by atoms with E-state index in [9.17, 15) is 4.79 Å². The van der Waals surface area contributed by atoms with Gasteiger partial charge in [0.1, 0.15) is 5.02 Å². The van der Waals surface area contributed by atoms with Gasteiger partial charge in [0, 0.05) is 53.1 Å². The van der Waals surface area contributed by atoms with Crippen molar-refractivity contribution < 1.29 is 0 Å². The Hall–Kier alpha value is -1.86. The Balaban J connectivity index is 1.39. The number of piperazine rings is 1. The van der Waals surface area contributed by atoms with Crippen LogP contribution in [0.2, 0.25) is 10.0 Å². The lowest BCUT2D eigenvalue weighted by molar-refractivity contribution is 0.252. The molecular weight excluding hydrogens is 403 g/mol.